The molecule has 0 bridgehead atoms. The van der Waals surface area contributed by atoms with Crippen molar-refractivity contribution in [3.8, 4) is 0 Å². The third kappa shape index (κ3) is 3.91. The molecule has 0 aliphatic rings. The van der Waals surface area contributed by atoms with Gasteiger partial charge in [-0.3, -0.25) is 4.79 Å². The molecule has 2 heterocycles. The maximum Gasteiger partial charge on any atom is 0.283 e. The minimum atomic E-state index is -0.109. The molecule has 0 saturated heterocycles. The minimum absolute atomic E-state index is 0.0865. The Hall–Kier alpha value is -1.21. The largest absolute Gasteiger partial charge is 0.373 e. The fourth-order valence-corrected chi connectivity index (χ4v) is 3.17. The zero-order valence-electron chi connectivity index (χ0n) is 12.3. The van der Waals surface area contributed by atoms with Gasteiger partial charge in [-0.2, -0.15) is 5.10 Å². The van der Waals surface area contributed by atoms with Gasteiger partial charge in [-0.25, -0.2) is 9.67 Å². The highest BCUT2D eigenvalue weighted by atomic mass is 79.9. The van der Waals surface area contributed by atoms with Gasteiger partial charge in [0.1, 0.15) is 9.48 Å². The molecule has 7 heteroatoms. The van der Waals surface area contributed by atoms with Gasteiger partial charge in [0.15, 0.2) is 0 Å². The van der Waals surface area contributed by atoms with Gasteiger partial charge in [0.2, 0.25) is 0 Å². The van der Waals surface area contributed by atoms with Crippen molar-refractivity contribution in [1.29, 1.82) is 0 Å². The zero-order valence-corrected chi connectivity index (χ0v) is 14.7. The molecule has 5 nitrogen and oxygen atoms in total. The van der Waals surface area contributed by atoms with E-state index < -0.39 is 0 Å². The van der Waals surface area contributed by atoms with Gasteiger partial charge < -0.3 is 5.32 Å². The first kappa shape index (κ1) is 16.2. The summed E-state index contributed by atoms with van der Waals surface area (Å²) in [7, 11) is 0. The van der Waals surface area contributed by atoms with E-state index in [1.807, 2.05) is 5.38 Å². The lowest BCUT2D eigenvalue weighted by Crippen LogP contribution is -2.27. The maximum absolute atomic E-state index is 12.3. The van der Waals surface area contributed by atoms with Gasteiger partial charge in [0.05, 0.1) is 17.9 Å². The third-order valence-electron chi connectivity index (χ3n) is 3.01. The molecule has 1 atom stereocenters. The van der Waals surface area contributed by atoms with E-state index in [0.29, 0.717) is 22.6 Å². The van der Waals surface area contributed by atoms with E-state index in [4.69, 9.17) is 0 Å². The monoisotopic (exact) mass is 370 g/mol. The molecular formula is C14H19BrN4OS. The molecule has 0 saturated carbocycles. The number of nitrogens with one attached hydrogen (secondary N) is 1. The smallest absolute Gasteiger partial charge is 0.283 e. The highest BCUT2D eigenvalue weighted by Gasteiger charge is 2.16. The van der Waals surface area contributed by atoms with Crippen LogP contribution in [0.3, 0.4) is 0 Å². The summed E-state index contributed by atoms with van der Waals surface area (Å²) < 4.78 is 2.01. The molecule has 0 aromatic carbocycles. The number of rotatable bonds is 6. The summed E-state index contributed by atoms with van der Waals surface area (Å²) >= 11 is 4.99. The van der Waals surface area contributed by atoms with Gasteiger partial charge in [-0.15, -0.1) is 11.3 Å². The number of anilines is 1. The van der Waals surface area contributed by atoms with Crippen LogP contribution in [0.2, 0.25) is 0 Å². The Kier molecular flexibility index (Phi) is 5.52. The Bertz CT molecular complexity index is 639. The summed E-state index contributed by atoms with van der Waals surface area (Å²) in [5.74, 6) is 0.375. The van der Waals surface area contributed by atoms with Crippen molar-refractivity contribution < 1.29 is 0 Å². The number of hydrogen-bond donors (Lipinski definition) is 1. The van der Waals surface area contributed by atoms with Crippen LogP contribution in [0.1, 0.15) is 38.2 Å². The highest BCUT2D eigenvalue weighted by molar-refractivity contribution is 9.10. The van der Waals surface area contributed by atoms with Crippen molar-refractivity contribution in [2.45, 2.75) is 39.8 Å². The van der Waals surface area contributed by atoms with Crippen LogP contribution in [0.25, 0.3) is 0 Å². The van der Waals surface area contributed by atoms with Gasteiger partial charge >= 0.3 is 0 Å². The molecule has 0 spiro atoms. The van der Waals surface area contributed by atoms with Crippen LogP contribution >= 0.6 is 27.3 Å². The van der Waals surface area contributed by atoms with Crippen molar-refractivity contribution in [2.24, 2.45) is 5.92 Å². The predicted molar refractivity (Wildman–Crippen MR) is 89.8 cm³/mol. The van der Waals surface area contributed by atoms with Crippen LogP contribution in [0.4, 0.5) is 5.69 Å². The van der Waals surface area contributed by atoms with E-state index in [2.05, 4.69) is 52.1 Å². The Morgan fingerprint density at radius 3 is 2.81 bits per heavy atom. The molecule has 21 heavy (non-hydrogen) atoms. The lowest BCUT2D eigenvalue weighted by Gasteiger charge is -2.17. The fraction of sp³-hybridized carbons (Fsp3) is 0.500. The van der Waals surface area contributed by atoms with Crippen LogP contribution in [-0.2, 0) is 6.54 Å². The van der Waals surface area contributed by atoms with Crippen LogP contribution in [0.15, 0.2) is 27.0 Å². The Morgan fingerprint density at radius 1 is 1.48 bits per heavy atom. The lowest BCUT2D eigenvalue weighted by molar-refractivity contribution is 0.462. The zero-order chi connectivity index (χ0) is 15.4. The van der Waals surface area contributed by atoms with E-state index in [1.54, 1.807) is 23.7 Å². The molecule has 2 rings (SSSR count). The minimum Gasteiger partial charge on any atom is -0.373 e. The van der Waals surface area contributed by atoms with E-state index >= 15 is 0 Å². The van der Waals surface area contributed by atoms with Crippen molar-refractivity contribution in [1.82, 2.24) is 14.8 Å². The maximum atomic E-state index is 12.3. The van der Waals surface area contributed by atoms with Crippen molar-refractivity contribution in [2.75, 3.05) is 5.32 Å². The molecule has 1 unspecified atom stereocenters. The molecule has 0 aliphatic carbocycles. The second kappa shape index (κ2) is 7.17. The number of hydrogen-bond acceptors (Lipinski definition) is 5. The van der Waals surface area contributed by atoms with Gasteiger partial charge in [-0.05, 0) is 28.3 Å². The third-order valence-corrected chi connectivity index (χ3v) is 4.67. The summed E-state index contributed by atoms with van der Waals surface area (Å²) in [4.78, 5) is 16.6. The van der Waals surface area contributed by atoms with Crippen LogP contribution in [-0.4, -0.2) is 14.8 Å². The van der Waals surface area contributed by atoms with E-state index in [-0.39, 0.29) is 11.6 Å². The summed E-state index contributed by atoms with van der Waals surface area (Å²) in [6.45, 7) is 6.81. The van der Waals surface area contributed by atoms with E-state index in [1.165, 1.54) is 4.68 Å². The first-order chi connectivity index (χ1) is 10.0. The van der Waals surface area contributed by atoms with Gasteiger partial charge in [-0.1, -0.05) is 20.8 Å². The summed E-state index contributed by atoms with van der Waals surface area (Å²) in [5, 5.41) is 10.6. The molecule has 2 aromatic heterocycles. The first-order valence-electron chi connectivity index (χ1n) is 6.94. The predicted octanol–water partition coefficient (Wildman–Crippen LogP) is 3.68. The molecule has 0 fully saturated rings. The Labute approximate surface area is 136 Å². The topological polar surface area (TPSA) is 59.8 Å². The summed E-state index contributed by atoms with van der Waals surface area (Å²) in [6.07, 6.45) is 4.37. The van der Waals surface area contributed by atoms with Crippen LogP contribution in [0.5, 0.6) is 0 Å². The standard InChI is InChI=1S/C14H19BrN4OS/c1-4-10(13-16-5-6-21-13)18-11-7-17-19(8-9(2)3)14(20)12(11)15/h5-7,9-10,18H,4,8H2,1-3H3. The molecule has 1 N–H and O–H groups in total. The van der Waals surface area contributed by atoms with E-state index in [9.17, 15) is 4.79 Å². The van der Waals surface area contributed by atoms with Crippen molar-refractivity contribution in [3.05, 3.63) is 37.6 Å². The van der Waals surface area contributed by atoms with Crippen molar-refractivity contribution in [3.63, 3.8) is 0 Å². The van der Waals surface area contributed by atoms with Gasteiger partial charge in [0.25, 0.3) is 5.56 Å². The summed E-state index contributed by atoms with van der Waals surface area (Å²) in [5.41, 5.74) is 0.602. The molecule has 114 valence electrons. The SMILES string of the molecule is CCC(Nc1cnn(CC(C)C)c(=O)c1Br)c1nccs1. The fourth-order valence-electron chi connectivity index (χ4n) is 1.97. The molecule has 0 amide bonds. The second-order valence-corrected chi connectivity index (χ2v) is 6.95. The Balaban J connectivity index is 2.25. The molecule has 2 aromatic rings. The number of thiazole rings is 1. The Morgan fingerprint density at radius 2 is 2.24 bits per heavy atom. The molecular weight excluding hydrogens is 352 g/mol. The van der Waals surface area contributed by atoms with Gasteiger partial charge in [0, 0.05) is 18.1 Å². The number of halogens is 1. The lowest BCUT2D eigenvalue weighted by atomic mass is 10.2. The second-order valence-electron chi connectivity index (χ2n) is 5.23. The quantitative estimate of drug-likeness (QED) is 0.842. The average Bonchev–Trinajstić information content (AvgIpc) is 2.97. The normalized spacial score (nSPS) is 12.6. The summed E-state index contributed by atoms with van der Waals surface area (Å²) in [6, 6.07) is 0.0865. The first-order valence-corrected chi connectivity index (χ1v) is 8.61. The van der Waals surface area contributed by atoms with Crippen molar-refractivity contribution >= 4 is 33.0 Å². The molecule has 0 radical (unpaired) electrons. The molecule has 0 aliphatic heterocycles. The van der Waals surface area contributed by atoms with Crippen LogP contribution in [0, 0.1) is 5.92 Å². The number of aromatic nitrogens is 3. The average molecular weight is 371 g/mol. The number of nitrogens with zero attached hydrogens (tertiary/aromatic N) is 3. The van der Waals surface area contributed by atoms with Crippen LogP contribution < -0.4 is 10.9 Å². The highest BCUT2D eigenvalue weighted by Crippen LogP contribution is 2.26. The van der Waals surface area contributed by atoms with E-state index in [0.717, 1.165) is 11.4 Å².